The van der Waals surface area contributed by atoms with E-state index in [9.17, 15) is 21.6 Å². The molecule has 3 rings (SSSR count). The van der Waals surface area contributed by atoms with Crippen LogP contribution in [0.4, 0.5) is 0 Å². The summed E-state index contributed by atoms with van der Waals surface area (Å²) in [7, 11) is -7.99. The summed E-state index contributed by atoms with van der Waals surface area (Å²) in [5.41, 5.74) is 0.234. The standard InChI is InChI=1S/C17H12ClNO5S2/c1-25(21,22)19-15-10-16(17(20)14-5-3-2-4-13(14)15)26(23,24)12-8-6-11(18)7-9-12/h2-10H,1H3. The van der Waals surface area contributed by atoms with Crippen LogP contribution in [0.25, 0.3) is 0 Å². The van der Waals surface area contributed by atoms with Gasteiger partial charge in [-0.3, -0.25) is 4.79 Å². The van der Waals surface area contributed by atoms with E-state index in [1.54, 1.807) is 12.1 Å². The zero-order valence-electron chi connectivity index (χ0n) is 13.4. The molecule has 0 amide bonds. The molecule has 0 radical (unpaired) electrons. The molecular formula is C17H12ClNO5S2. The molecule has 0 saturated carbocycles. The number of sulfone groups is 1. The van der Waals surface area contributed by atoms with Crippen LogP contribution in [0.15, 0.2) is 68.8 Å². The van der Waals surface area contributed by atoms with Gasteiger partial charge in [-0.15, -0.1) is 0 Å². The number of hydrogen-bond acceptors (Lipinski definition) is 5. The third-order valence-electron chi connectivity index (χ3n) is 3.62. The zero-order valence-corrected chi connectivity index (χ0v) is 15.8. The van der Waals surface area contributed by atoms with E-state index in [-0.39, 0.29) is 21.7 Å². The van der Waals surface area contributed by atoms with E-state index in [0.29, 0.717) is 5.02 Å². The van der Waals surface area contributed by atoms with Crippen molar-refractivity contribution >= 4 is 43.0 Å². The minimum absolute atomic E-state index is 0.0740. The number of sulfonamides is 1. The van der Waals surface area contributed by atoms with Gasteiger partial charge in [0.15, 0.2) is 0 Å². The van der Waals surface area contributed by atoms with Gasteiger partial charge in [-0.05, 0) is 30.3 Å². The van der Waals surface area contributed by atoms with Crippen LogP contribution in [0.5, 0.6) is 0 Å². The Morgan fingerprint density at radius 3 is 2.04 bits per heavy atom. The van der Waals surface area contributed by atoms with Gasteiger partial charge in [-0.1, -0.05) is 35.9 Å². The predicted octanol–water partition coefficient (Wildman–Crippen LogP) is 2.64. The summed E-state index contributed by atoms with van der Waals surface area (Å²) < 4.78 is 52.6. The van der Waals surface area contributed by atoms with Gasteiger partial charge >= 0.3 is 0 Å². The lowest BCUT2D eigenvalue weighted by Crippen LogP contribution is -2.23. The summed E-state index contributed by atoms with van der Waals surface area (Å²) in [6.45, 7) is 0. The summed E-state index contributed by atoms with van der Waals surface area (Å²) in [6.07, 6.45) is 1.88. The molecule has 0 saturated heterocycles. The number of halogens is 1. The highest BCUT2D eigenvalue weighted by Crippen LogP contribution is 2.29. The van der Waals surface area contributed by atoms with Crippen LogP contribution in [0, 0.1) is 0 Å². The highest BCUT2D eigenvalue weighted by atomic mass is 35.5. The Morgan fingerprint density at radius 2 is 1.46 bits per heavy atom. The van der Waals surface area contributed by atoms with Crippen LogP contribution >= 0.6 is 11.6 Å². The van der Waals surface area contributed by atoms with Crippen LogP contribution in [0.1, 0.15) is 15.9 Å². The molecule has 0 bridgehead atoms. The number of rotatable bonds is 3. The maximum atomic E-state index is 12.9. The Kier molecular flexibility index (Phi) is 4.60. The molecule has 0 aromatic heterocycles. The Bertz CT molecular complexity index is 1180. The summed E-state index contributed by atoms with van der Waals surface area (Å²) in [4.78, 5) is 12.1. The van der Waals surface area contributed by atoms with Gasteiger partial charge in [0.05, 0.1) is 16.9 Å². The lowest BCUT2D eigenvalue weighted by atomic mass is 9.94. The van der Waals surface area contributed by atoms with E-state index in [0.717, 1.165) is 12.3 Å². The van der Waals surface area contributed by atoms with Gasteiger partial charge in [0, 0.05) is 16.1 Å². The first-order chi connectivity index (χ1) is 12.1. The van der Waals surface area contributed by atoms with Gasteiger partial charge in [0.1, 0.15) is 4.91 Å². The van der Waals surface area contributed by atoms with E-state index in [2.05, 4.69) is 4.40 Å². The number of fused-ring (bicyclic) bond motifs is 1. The van der Waals surface area contributed by atoms with Crippen molar-refractivity contribution in [1.82, 2.24) is 0 Å². The molecule has 0 heterocycles. The molecule has 0 aliphatic heterocycles. The molecule has 0 spiro atoms. The first-order valence-corrected chi connectivity index (χ1v) is 11.0. The number of benzene rings is 2. The van der Waals surface area contributed by atoms with Crippen molar-refractivity contribution < 1.29 is 21.6 Å². The highest BCUT2D eigenvalue weighted by molar-refractivity contribution is 7.96. The topological polar surface area (TPSA) is 97.7 Å². The SMILES string of the molecule is CS(=O)(=O)N=C1C=C(S(=O)(=O)c2ccc(Cl)cc2)C(=O)c2ccccc21. The number of nitrogens with zero attached hydrogens (tertiary/aromatic N) is 1. The molecule has 0 atom stereocenters. The first kappa shape index (κ1) is 18.5. The lowest BCUT2D eigenvalue weighted by molar-refractivity contribution is 0.104. The smallest absolute Gasteiger partial charge is 0.250 e. The summed E-state index contributed by atoms with van der Waals surface area (Å²) in [5.74, 6) is -0.719. The Balaban J connectivity index is 2.26. The maximum absolute atomic E-state index is 12.9. The molecule has 26 heavy (non-hydrogen) atoms. The van der Waals surface area contributed by atoms with Crippen molar-refractivity contribution in [3.63, 3.8) is 0 Å². The van der Waals surface area contributed by atoms with E-state index in [4.69, 9.17) is 11.6 Å². The van der Waals surface area contributed by atoms with Crippen molar-refractivity contribution in [2.75, 3.05) is 6.26 Å². The predicted molar refractivity (Wildman–Crippen MR) is 98.9 cm³/mol. The summed E-state index contributed by atoms with van der Waals surface area (Å²) in [6, 6.07) is 11.4. The van der Waals surface area contributed by atoms with Crippen molar-refractivity contribution in [3.8, 4) is 0 Å². The van der Waals surface area contributed by atoms with Crippen LogP contribution in [0.3, 0.4) is 0 Å². The zero-order chi connectivity index (χ0) is 19.1. The van der Waals surface area contributed by atoms with Gasteiger partial charge in [0.25, 0.3) is 10.0 Å². The minimum Gasteiger partial charge on any atom is -0.288 e. The molecule has 2 aromatic carbocycles. The fourth-order valence-electron chi connectivity index (χ4n) is 2.50. The molecular weight excluding hydrogens is 398 g/mol. The molecule has 0 N–H and O–H groups in total. The first-order valence-electron chi connectivity index (χ1n) is 7.26. The molecule has 6 nitrogen and oxygen atoms in total. The second-order valence-corrected chi connectivity index (χ2v) is 9.55. The Hall–Kier alpha value is -2.29. The second kappa shape index (κ2) is 6.46. The lowest BCUT2D eigenvalue weighted by Gasteiger charge is -2.17. The van der Waals surface area contributed by atoms with Crippen molar-refractivity contribution in [1.29, 1.82) is 0 Å². The second-order valence-electron chi connectivity index (χ2n) is 5.55. The monoisotopic (exact) mass is 409 g/mol. The van der Waals surface area contributed by atoms with Gasteiger partial charge in [-0.25, -0.2) is 16.8 Å². The molecule has 134 valence electrons. The van der Waals surface area contributed by atoms with Crippen molar-refractivity contribution in [2.24, 2.45) is 4.40 Å². The molecule has 0 fully saturated rings. The van der Waals surface area contributed by atoms with E-state index < -0.39 is 30.5 Å². The van der Waals surface area contributed by atoms with Gasteiger partial charge in [-0.2, -0.15) is 4.40 Å². The van der Waals surface area contributed by atoms with Gasteiger partial charge < -0.3 is 0 Å². The number of Topliss-reactive ketones (excluding diaryl/α,β-unsaturated/α-hetero) is 1. The number of carbonyl (C=O) groups is 1. The summed E-state index contributed by atoms with van der Waals surface area (Å²) in [5, 5.41) is 0.345. The number of ketones is 1. The van der Waals surface area contributed by atoms with E-state index in [1.807, 2.05) is 0 Å². The molecule has 2 aromatic rings. The summed E-state index contributed by atoms with van der Waals surface area (Å²) >= 11 is 5.78. The Labute approximate surface area is 155 Å². The molecule has 1 aliphatic rings. The fraction of sp³-hybridized carbons (Fsp3) is 0.0588. The quantitative estimate of drug-likeness (QED) is 0.776. The van der Waals surface area contributed by atoms with E-state index in [1.165, 1.54) is 36.4 Å². The normalized spacial score (nSPS) is 16.3. The van der Waals surface area contributed by atoms with Crippen LogP contribution in [0.2, 0.25) is 5.02 Å². The maximum Gasteiger partial charge on any atom is 0.250 e. The number of hydrogen-bond donors (Lipinski definition) is 0. The fourth-order valence-corrected chi connectivity index (χ4v) is 4.50. The average Bonchev–Trinajstić information content (AvgIpc) is 2.56. The largest absolute Gasteiger partial charge is 0.288 e. The average molecular weight is 410 g/mol. The molecule has 1 aliphatic carbocycles. The minimum atomic E-state index is -4.18. The third-order valence-corrected chi connectivity index (χ3v) is 6.17. The molecule has 0 unspecified atom stereocenters. The molecule has 9 heteroatoms. The number of carbonyl (C=O) groups excluding carboxylic acids is 1. The third kappa shape index (κ3) is 3.48. The Morgan fingerprint density at radius 1 is 0.885 bits per heavy atom. The van der Waals surface area contributed by atoms with Crippen molar-refractivity contribution in [3.05, 3.63) is 75.7 Å². The van der Waals surface area contributed by atoms with E-state index >= 15 is 0 Å². The van der Waals surface area contributed by atoms with Crippen molar-refractivity contribution in [2.45, 2.75) is 4.90 Å². The van der Waals surface area contributed by atoms with Crippen LogP contribution < -0.4 is 0 Å². The highest BCUT2D eigenvalue weighted by Gasteiger charge is 2.34. The number of allylic oxidation sites excluding steroid dienone is 2. The van der Waals surface area contributed by atoms with Crippen LogP contribution in [-0.2, 0) is 19.9 Å². The van der Waals surface area contributed by atoms with Gasteiger partial charge in [0.2, 0.25) is 15.6 Å². The van der Waals surface area contributed by atoms with Crippen LogP contribution in [-0.4, -0.2) is 34.6 Å².